The standard InChI is InChI=1S/C5H9Cl2NO2/c1-3(6)8(4(2)7)5(9)10/h3-4H,1-2H3,(H,9,10). The van der Waals surface area contributed by atoms with Crippen molar-refractivity contribution in [1.82, 2.24) is 4.90 Å². The molecule has 0 aromatic carbocycles. The van der Waals surface area contributed by atoms with Gasteiger partial charge in [0.2, 0.25) is 0 Å². The Kier molecular flexibility index (Phi) is 3.83. The lowest BCUT2D eigenvalue weighted by Gasteiger charge is -2.23. The van der Waals surface area contributed by atoms with Crippen molar-refractivity contribution in [3.05, 3.63) is 0 Å². The highest BCUT2D eigenvalue weighted by Crippen LogP contribution is 2.11. The molecule has 0 aliphatic heterocycles. The summed E-state index contributed by atoms with van der Waals surface area (Å²) < 4.78 is 0. The van der Waals surface area contributed by atoms with Gasteiger partial charge in [-0.25, -0.2) is 4.79 Å². The van der Waals surface area contributed by atoms with Gasteiger partial charge in [0.25, 0.3) is 0 Å². The summed E-state index contributed by atoms with van der Waals surface area (Å²) in [4.78, 5) is 11.3. The number of halogens is 2. The molecule has 0 aromatic rings. The highest BCUT2D eigenvalue weighted by Gasteiger charge is 2.21. The molecule has 0 aromatic heterocycles. The molecular formula is C5H9Cl2NO2. The third-order valence-corrected chi connectivity index (χ3v) is 1.41. The van der Waals surface area contributed by atoms with Gasteiger partial charge in [0.15, 0.2) is 0 Å². The Labute approximate surface area is 69.5 Å². The molecule has 5 heteroatoms. The molecule has 0 heterocycles. The molecule has 3 nitrogen and oxygen atoms in total. The first-order valence-electron chi connectivity index (χ1n) is 2.76. The van der Waals surface area contributed by atoms with Gasteiger partial charge in [-0.2, -0.15) is 0 Å². The minimum Gasteiger partial charge on any atom is -0.465 e. The smallest absolute Gasteiger partial charge is 0.409 e. The maximum Gasteiger partial charge on any atom is 0.409 e. The zero-order chi connectivity index (χ0) is 8.31. The van der Waals surface area contributed by atoms with Crippen LogP contribution in [0.3, 0.4) is 0 Å². The van der Waals surface area contributed by atoms with Crippen LogP contribution in [0.4, 0.5) is 4.79 Å². The van der Waals surface area contributed by atoms with Crippen LogP contribution in [0.5, 0.6) is 0 Å². The highest BCUT2D eigenvalue weighted by molar-refractivity contribution is 6.24. The topological polar surface area (TPSA) is 40.5 Å². The van der Waals surface area contributed by atoms with E-state index in [2.05, 4.69) is 0 Å². The van der Waals surface area contributed by atoms with E-state index >= 15 is 0 Å². The van der Waals surface area contributed by atoms with Crippen LogP contribution in [-0.4, -0.2) is 27.1 Å². The average Bonchev–Trinajstić information content (AvgIpc) is 1.59. The average molecular weight is 186 g/mol. The first kappa shape index (κ1) is 9.85. The quantitative estimate of drug-likeness (QED) is 0.530. The van der Waals surface area contributed by atoms with Crippen molar-refractivity contribution in [3.63, 3.8) is 0 Å². The normalized spacial score (nSPS) is 16.0. The SMILES string of the molecule is CC(Cl)N(C(=O)O)C(C)Cl. The number of amides is 1. The Morgan fingerprint density at radius 1 is 1.40 bits per heavy atom. The Bertz CT molecular complexity index is 119. The molecule has 0 fully saturated rings. The lowest BCUT2D eigenvalue weighted by atomic mass is 10.5. The van der Waals surface area contributed by atoms with E-state index in [0.717, 1.165) is 4.90 Å². The van der Waals surface area contributed by atoms with Gasteiger partial charge in [-0.15, -0.1) is 0 Å². The van der Waals surface area contributed by atoms with Crippen LogP contribution < -0.4 is 0 Å². The molecular weight excluding hydrogens is 177 g/mol. The summed E-state index contributed by atoms with van der Waals surface area (Å²) in [6.45, 7) is 3.10. The number of alkyl halides is 2. The van der Waals surface area contributed by atoms with Crippen LogP contribution in [0.15, 0.2) is 0 Å². The lowest BCUT2D eigenvalue weighted by molar-refractivity contribution is 0.138. The van der Waals surface area contributed by atoms with Crippen LogP contribution in [0, 0.1) is 0 Å². The van der Waals surface area contributed by atoms with Crippen LogP contribution in [-0.2, 0) is 0 Å². The minimum atomic E-state index is -1.11. The predicted molar refractivity (Wildman–Crippen MR) is 40.5 cm³/mol. The molecule has 0 rings (SSSR count). The van der Waals surface area contributed by atoms with Crippen molar-refractivity contribution >= 4 is 29.3 Å². The summed E-state index contributed by atoms with van der Waals surface area (Å²) in [6.07, 6.45) is -1.11. The number of carboxylic acid groups (broad SMARTS) is 1. The van der Waals surface area contributed by atoms with Crippen LogP contribution in [0.25, 0.3) is 0 Å². The summed E-state index contributed by atoms with van der Waals surface area (Å²) in [5.41, 5.74) is -1.19. The van der Waals surface area contributed by atoms with Gasteiger partial charge in [-0.1, -0.05) is 23.2 Å². The van der Waals surface area contributed by atoms with Crippen molar-refractivity contribution in [3.8, 4) is 0 Å². The van der Waals surface area contributed by atoms with Gasteiger partial charge < -0.3 is 5.11 Å². The monoisotopic (exact) mass is 185 g/mol. The van der Waals surface area contributed by atoms with Gasteiger partial charge in [0, 0.05) is 0 Å². The van der Waals surface area contributed by atoms with Crippen molar-refractivity contribution in [2.75, 3.05) is 0 Å². The predicted octanol–water partition coefficient (Wildman–Crippen LogP) is 2.14. The van der Waals surface area contributed by atoms with Crippen LogP contribution in [0.1, 0.15) is 13.8 Å². The van der Waals surface area contributed by atoms with Crippen molar-refractivity contribution < 1.29 is 9.90 Å². The fourth-order valence-electron chi connectivity index (χ4n) is 0.587. The summed E-state index contributed by atoms with van der Waals surface area (Å²) in [5.74, 6) is 0. The fraction of sp³-hybridized carbons (Fsp3) is 0.800. The van der Waals surface area contributed by atoms with Crippen molar-refractivity contribution in [2.45, 2.75) is 24.8 Å². The minimum absolute atomic E-state index is 0.593. The van der Waals surface area contributed by atoms with E-state index < -0.39 is 17.1 Å². The zero-order valence-electron chi connectivity index (χ0n) is 5.71. The van der Waals surface area contributed by atoms with Crippen LogP contribution >= 0.6 is 23.2 Å². The number of hydrogen-bond acceptors (Lipinski definition) is 1. The summed E-state index contributed by atoms with van der Waals surface area (Å²) in [6, 6.07) is 0. The van der Waals surface area contributed by atoms with Gasteiger partial charge in [0.05, 0.1) is 0 Å². The molecule has 0 radical (unpaired) electrons. The van der Waals surface area contributed by atoms with E-state index in [9.17, 15) is 4.79 Å². The molecule has 0 spiro atoms. The second-order valence-electron chi connectivity index (χ2n) is 1.84. The third-order valence-electron chi connectivity index (χ3n) is 0.987. The maximum absolute atomic E-state index is 10.3. The highest BCUT2D eigenvalue weighted by atomic mass is 35.5. The second kappa shape index (κ2) is 3.88. The van der Waals surface area contributed by atoms with Gasteiger partial charge in [-0.05, 0) is 13.8 Å². The third kappa shape index (κ3) is 2.62. The summed E-state index contributed by atoms with van der Waals surface area (Å²) in [7, 11) is 0. The van der Waals surface area contributed by atoms with Gasteiger partial charge >= 0.3 is 6.09 Å². The number of rotatable bonds is 2. The lowest BCUT2D eigenvalue weighted by Crippen LogP contribution is -2.38. The van der Waals surface area contributed by atoms with E-state index in [4.69, 9.17) is 28.3 Å². The summed E-state index contributed by atoms with van der Waals surface area (Å²) in [5, 5.41) is 8.47. The van der Waals surface area contributed by atoms with Gasteiger partial charge in [0.1, 0.15) is 11.0 Å². The largest absolute Gasteiger partial charge is 0.465 e. The number of carbonyl (C=O) groups is 1. The molecule has 2 atom stereocenters. The second-order valence-corrected chi connectivity index (χ2v) is 3.10. The molecule has 2 unspecified atom stereocenters. The van der Waals surface area contributed by atoms with Gasteiger partial charge in [-0.3, -0.25) is 4.90 Å². The molecule has 0 bridgehead atoms. The number of nitrogens with zero attached hydrogens (tertiary/aromatic N) is 1. The Balaban J connectivity index is 4.12. The Morgan fingerprint density at radius 3 is 1.70 bits per heavy atom. The maximum atomic E-state index is 10.3. The molecule has 0 aliphatic carbocycles. The van der Waals surface area contributed by atoms with Crippen molar-refractivity contribution in [2.24, 2.45) is 0 Å². The first-order chi connectivity index (χ1) is 4.46. The number of hydrogen-bond donors (Lipinski definition) is 1. The van der Waals surface area contributed by atoms with E-state index in [1.165, 1.54) is 0 Å². The molecule has 0 aliphatic rings. The Morgan fingerprint density at radius 2 is 1.70 bits per heavy atom. The van der Waals surface area contributed by atoms with Crippen molar-refractivity contribution in [1.29, 1.82) is 0 Å². The van der Waals surface area contributed by atoms with Crippen LogP contribution in [0.2, 0.25) is 0 Å². The molecule has 1 N–H and O–H groups in total. The zero-order valence-corrected chi connectivity index (χ0v) is 7.23. The van der Waals surface area contributed by atoms with E-state index in [-0.39, 0.29) is 0 Å². The molecule has 10 heavy (non-hydrogen) atoms. The Hall–Kier alpha value is -0.150. The molecule has 60 valence electrons. The molecule has 0 saturated heterocycles. The molecule has 1 amide bonds. The first-order valence-corrected chi connectivity index (χ1v) is 3.63. The molecule has 0 saturated carbocycles. The van der Waals surface area contributed by atoms with E-state index in [1.807, 2.05) is 0 Å². The summed E-state index contributed by atoms with van der Waals surface area (Å²) >= 11 is 11.0. The fourth-order valence-corrected chi connectivity index (χ4v) is 1.15. The van der Waals surface area contributed by atoms with E-state index in [1.54, 1.807) is 13.8 Å². The van der Waals surface area contributed by atoms with E-state index in [0.29, 0.717) is 0 Å².